The number of hydrogen-bond donors (Lipinski definition) is 1. The molecular weight excluding hydrogens is 336 g/mol. The number of thiazole rings is 1. The number of benzene rings is 1. The van der Waals surface area contributed by atoms with Crippen LogP contribution in [0.1, 0.15) is 16.2 Å². The van der Waals surface area contributed by atoms with Crippen molar-refractivity contribution in [3.63, 3.8) is 0 Å². The maximum absolute atomic E-state index is 12.6. The number of rotatable bonds is 4. The van der Waals surface area contributed by atoms with E-state index in [4.69, 9.17) is 4.74 Å². The van der Waals surface area contributed by atoms with Crippen molar-refractivity contribution in [2.75, 3.05) is 31.6 Å². The van der Waals surface area contributed by atoms with Gasteiger partial charge in [0.15, 0.2) is 5.13 Å². The van der Waals surface area contributed by atoms with Gasteiger partial charge in [-0.15, -0.1) is 11.3 Å². The molecule has 3 heterocycles. The number of carbonyl (C=O) groups is 1. The number of para-hydroxylation sites is 1. The number of aryl methyl sites for hydroxylation is 1. The summed E-state index contributed by atoms with van der Waals surface area (Å²) < 4.78 is 7.27. The van der Waals surface area contributed by atoms with Crippen LogP contribution in [-0.4, -0.2) is 46.7 Å². The Kier molecular flexibility index (Phi) is 4.52. The molecule has 3 aromatic rings. The summed E-state index contributed by atoms with van der Waals surface area (Å²) in [5.41, 5.74) is 2.66. The first-order valence-corrected chi connectivity index (χ1v) is 9.19. The van der Waals surface area contributed by atoms with Crippen LogP contribution in [0.5, 0.6) is 0 Å². The Bertz CT molecular complexity index is 896. The summed E-state index contributed by atoms with van der Waals surface area (Å²) in [7, 11) is 1.91. The molecule has 1 saturated heterocycles. The molecule has 1 amide bonds. The molecule has 0 saturated carbocycles. The maximum atomic E-state index is 12.6. The topological polar surface area (TPSA) is 59.4 Å². The molecule has 0 radical (unpaired) electrons. The second-order valence-corrected chi connectivity index (χ2v) is 6.99. The van der Waals surface area contributed by atoms with Crippen molar-refractivity contribution in [1.82, 2.24) is 14.5 Å². The molecule has 1 aromatic carbocycles. The number of anilines is 1. The van der Waals surface area contributed by atoms with Crippen LogP contribution < -0.4 is 5.32 Å². The Morgan fingerprint density at radius 2 is 2.12 bits per heavy atom. The summed E-state index contributed by atoms with van der Waals surface area (Å²) >= 11 is 1.46. The van der Waals surface area contributed by atoms with E-state index in [2.05, 4.69) is 15.2 Å². The van der Waals surface area contributed by atoms with E-state index in [1.54, 1.807) is 0 Å². The molecular formula is C18H20N4O2S. The zero-order chi connectivity index (χ0) is 17.2. The van der Waals surface area contributed by atoms with Crippen molar-refractivity contribution < 1.29 is 9.53 Å². The second kappa shape index (κ2) is 6.95. The second-order valence-electron chi connectivity index (χ2n) is 6.13. The Hall–Kier alpha value is -2.22. The normalized spacial score (nSPS) is 15.6. The van der Waals surface area contributed by atoms with E-state index < -0.39 is 0 Å². The van der Waals surface area contributed by atoms with Gasteiger partial charge >= 0.3 is 0 Å². The molecule has 2 aromatic heterocycles. The number of nitrogens with zero attached hydrogens (tertiary/aromatic N) is 3. The van der Waals surface area contributed by atoms with Gasteiger partial charge in [0, 0.05) is 43.0 Å². The van der Waals surface area contributed by atoms with Crippen LogP contribution in [0.25, 0.3) is 10.9 Å². The first-order valence-electron chi connectivity index (χ1n) is 8.31. The Labute approximate surface area is 150 Å². The monoisotopic (exact) mass is 356 g/mol. The Balaban J connectivity index is 1.46. The number of aromatic nitrogens is 2. The van der Waals surface area contributed by atoms with Crippen molar-refractivity contribution in [1.29, 1.82) is 0 Å². The van der Waals surface area contributed by atoms with Gasteiger partial charge in [-0.05, 0) is 12.1 Å². The molecule has 1 aliphatic rings. The smallest absolute Gasteiger partial charge is 0.274 e. The fraction of sp³-hybridized carbons (Fsp3) is 0.333. The van der Waals surface area contributed by atoms with Crippen LogP contribution in [-0.2, 0) is 18.3 Å². The highest BCUT2D eigenvalue weighted by atomic mass is 32.1. The van der Waals surface area contributed by atoms with Crippen molar-refractivity contribution in [3.05, 3.63) is 47.1 Å². The Morgan fingerprint density at radius 1 is 1.32 bits per heavy atom. The molecule has 0 atom stereocenters. The lowest BCUT2D eigenvalue weighted by molar-refractivity contribution is 0.0337. The number of amides is 1. The van der Waals surface area contributed by atoms with E-state index in [1.165, 1.54) is 11.3 Å². The fourth-order valence-corrected chi connectivity index (χ4v) is 3.79. The van der Waals surface area contributed by atoms with E-state index in [0.29, 0.717) is 10.8 Å². The molecule has 1 aliphatic heterocycles. The zero-order valence-electron chi connectivity index (χ0n) is 14.1. The molecule has 0 spiro atoms. The third kappa shape index (κ3) is 3.44. The minimum Gasteiger partial charge on any atom is -0.379 e. The number of hydrogen-bond acceptors (Lipinski definition) is 5. The fourth-order valence-electron chi connectivity index (χ4n) is 3.09. The maximum Gasteiger partial charge on any atom is 0.274 e. The Morgan fingerprint density at radius 3 is 2.92 bits per heavy atom. The molecule has 6 nitrogen and oxygen atoms in total. The van der Waals surface area contributed by atoms with Crippen LogP contribution in [0, 0.1) is 0 Å². The molecule has 0 unspecified atom stereocenters. The van der Waals surface area contributed by atoms with E-state index in [-0.39, 0.29) is 5.91 Å². The molecule has 0 aliphatic carbocycles. The average Bonchev–Trinajstić information content (AvgIpc) is 3.20. The number of carbonyl (C=O) groups excluding carboxylic acids is 1. The molecule has 25 heavy (non-hydrogen) atoms. The van der Waals surface area contributed by atoms with Gasteiger partial charge in [-0.2, -0.15) is 0 Å². The summed E-state index contributed by atoms with van der Waals surface area (Å²) in [5, 5.41) is 6.62. The largest absolute Gasteiger partial charge is 0.379 e. The summed E-state index contributed by atoms with van der Waals surface area (Å²) in [6.07, 6.45) is 0. The number of morpholine rings is 1. The van der Waals surface area contributed by atoms with Crippen LogP contribution in [0.3, 0.4) is 0 Å². The van der Waals surface area contributed by atoms with E-state index in [9.17, 15) is 4.79 Å². The van der Waals surface area contributed by atoms with Gasteiger partial charge in [0.25, 0.3) is 5.91 Å². The van der Waals surface area contributed by atoms with Crippen LogP contribution in [0.15, 0.2) is 35.7 Å². The van der Waals surface area contributed by atoms with Gasteiger partial charge in [-0.25, -0.2) is 4.98 Å². The van der Waals surface area contributed by atoms with Gasteiger partial charge in [-0.1, -0.05) is 18.2 Å². The molecule has 4 rings (SSSR count). The molecule has 0 bridgehead atoms. The molecule has 1 N–H and O–H groups in total. The van der Waals surface area contributed by atoms with Crippen molar-refractivity contribution in [2.24, 2.45) is 7.05 Å². The number of fused-ring (bicyclic) bond motifs is 1. The molecule has 1 fully saturated rings. The summed E-state index contributed by atoms with van der Waals surface area (Å²) in [4.78, 5) is 19.5. The van der Waals surface area contributed by atoms with Gasteiger partial charge in [0.2, 0.25) is 0 Å². The number of ether oxygens (including phenoxy) is 1. The lowest BCUT2D eigenvalue weighted by Gasteiger charge is -2.25. The van der Waals surface area contributed by atoms with Crippen molar-refractivity contribution in [2.45, 2.75) is 6.54 Å². The van der Waals surface area contributed by atoms with Gasteiger partial charge in [-0.3, -0.25) is 15.0 Å². The minimum absolute atomic E-state index is 0.133. The van der Waals surface area contributed by atoms with Crippen LogP contribution >= 0.6 is 11.3 Å². The SMILES string of the molecule is Cn1c(C(=O)Nc2nc(CN3CCOCC3)cs2)cc2ccccc21. The summed E-state index contributed by atoms with van der Waals surface area (Å²) in [6.45, 7) is 4.19. The van der Waals surface area contributed by atoms with E-state index in [0.717, 1.165) is 49.4 Å². The number of nitrogens with one attached hydrogen (secondary N) is 1. The van der Waals surface area contributed by atoms with Gasteiger partial charge in [0.1, 0.15) is 5.69 Å². The van der Waals surface area contributed by atoms with E-state index in [1.807, 2.05) is 47.3 Å². The lowest BCUT2D eigenvalue weighted by Crippen LogP contribution is -2.35. The van der Waals surface area contributed by atoms with Crippen LogP contribution in [0.2, 0.25) is 0 Å². The molecule has 7 heteroatoms. The highest BCUT2D eigenvalue weighted by molar-refractivity contribution is 7.13. The third-order valence-electron chi connectivity index (χ3n) is 4.45. The van der Waals surface area contributed by atoms with E-state index >= 15 is 0 Å². The highest BCUT2D eigenvalue weighted by Gasteiger charge is 2.16. The predicted molar refractivity (Wildman–Crippen MR) is 99.1 cm³/mol. The predicted octanol–water partition coefficient (Wildman–Crippen LogP) is 2.72. The first kappa shape index (κ1) is 16.3. The summed E-state index contributed by atoms with van der Waals surface area (Å²) in [6, 6.07) is 9.88. The zero-order valence-corrected chi connectivity index (χ0v) is 14.9. The van der Waals surface area contributed by atoms with Crippen molar-refractivity contribution >= 4 is 33.3 Å². The highest BCUT2D eigenvalue weighted by Crippen LogP contribution is 2.21. The van der Waals surface area contributed by atoms with Crippen molar-refractivity contribution in [3.8, 4) is 0 Å². The van der Waals surface area contributed by atoms with Crippen LogP contribution in [0.4, 0.5) is 5.13 Å². The third-order valence-corrected chi connectivity index (χ3v) is 5.25. The van der Waals surface area contributed by atoms with Gasteiger partial charge < -0.3 is 9.30 Å². The lowest BCUT2D eigenvalue weighted by atomic mass is 10.2. The molecule has 130 valence electrons. The summed E-state index contributed by atoms with van der Waals surface area (Å²) in [5.74, 6) is -0.133. The quantitative estimate of drug-likeness (QED) is 0.781. The average molecular weight is 356 g/mol. The first-order chi connectivity index (χ1) is 12.2. The van der Waals surface area contributed by atoms with Gasteiger partial charge in [0.05, 0.1) is 18.9 Å². The standard InChI is InChI=1S/C18H20N4O2S/c1-21-15-5-3-2-4-13(15)10-16(21)17(23)20-18-19-14(12-25-18)11-22-6-8-24-9-7-22/h2-5,10,12H,6-9,11H2,1H3,(H,19,20,23). The minimum atomic E-state index is -0.133.